The van der Waals surface area contributed by atoms with Gasteiger partial charge in [0.25, 0.3) is 0 Å². The average Bonchev–Trinajstić information content (AvgIpc) is 2.79. The van der Waals surface area contributed by atoms with Gasteiger partial charge < -0.3 is 9.47 Å². The molecule has 1 aliphatic rings. The van der Waals surface area contributed by atoms with E-state index in [9.17, 15) is 0 Å². The Morgan fingerprint density at radius 1 is 0.643 bits per heavy atom. The van der Waals surface area contributed by atoms with Crippen LogP contribution in [0.3, 0.4) is 0 Å². The highest BCUT2D eigenvalue weighted by Crippen LogP contribution is 2.33. The first-order valence-corrected chi connectivity index (χ1v) is 9.76. The number of nitrogens with zero attached hydrogens (tertiary/aromatic N) is 2. The molecule has 0 saturated heterocycles. The van der Waals surface area contributed by atoms with Gasteiger partial charge in [-0.3, -0.25) is 0 Å². The summed E-state index contributed by atoms with van der Waals surface area (Å²) in [5.41, 5.74) is 3.17. The van der Waals surface area contributed by atoms with Gasteiger partial charge in [-0.15, -0.1) is 0 Å². The highest BCUT2D eigenvalue weighted by molar-refractivity contribution is 8.27. The molecule has 0 unspecified atom stereocenters. The maximum atomic E-state index is 5.28. The third-order valence-corrected chi connectivity index (χ3v) is 5.51. The predicted octanol–water partition coefficient (Wildman–Crippen LogP) is 5.34. The van der Waals surface area contributed by atoms with Gasteiger partial charge in [0.15, 0.2) is 6.17 Å². The number of rotatable bonds is 5. The number of methoxy groups -OCH3 is 2. The molecule has 0 aromatic heterocycles. The first-order chi connectivity index (χ1) is 13.8. The van der Waals surface area contributed by atoms with Gasteiger partial charge in [0.05, 0.1) is 14.2 Å². The van der Waals surface area contributed by atoms with Crippen LogP contribution in [0.2, 0.25) is 0 Å². The van der Waals surface area contributed by atoms with Gasteiger partial charge in [0, 0.05) is 11.1 Å². The average molecular weight is 388 g/mol. The molecular formula is C23H20N2O2S. The zero-order valence-corrected chi connectivity index (χ0v) is 16.5. The number of thioether (sulfide) groups is 1. The highest BCUT2D eigenvalue weighted by Gasteiger charge is 2.22. The minimum absolute atomic E-state index is 0.292. The van der Waals surface area contributed by atoms with Crippen LogP contribution in [-0.2, 0) is 0 Å². The van der Waals surface area contributed by atoms with Gasteiger partial charge in [-0.05, 0) is 53.7 Å². The summed E-state index contributed by atoms with van der Waals surface area (Å²) in [6.45, 7) is 0. The Bertz CT molecular complexity index is 997. The van der Waals surface area contributed by atoms with Crippen molar-refractivity contribution in [2.45, 2.75) is 6.17 Å². The number of hydrogen-bond acceptors (Lipinski definition) is 5. The molecule has 3 aromatic carbocycles. The number of ether oxygens (including phenoxy) is 2. The summed E-state index contributed by atoms with van der Waals surface area (Å²) in [5, 5.41) is 1.90. The van der Waals surface area contributed by atoms with Crippen LogP contribution in [0.4, 0.5) is 0 Å². The van der Waals surface area contributed by atoms with Crippen molar-refractivity contribution >= 4 is 21.8 Å². The summed E-state index contributed by atoms with van der Waals surface area (Å²) in [6, 6.07) is 26.1. The van der Waals surface area contributed by atoms with Gasteiger partial charge >= 0.3 is 0 Å². The van der Waals surface area contributed by atoms with E-state index in [2.05, 4.69) is 12.1 Å². The molecule has 0 spiro atoms. The third kappa shape index (κ3) is 3.94. The summed E-state index contributed by atoms with van der Waals surface area (Å²) in [4.78, 5) is 9.83. The number of hydrogen-bond donors (Lipinski definition) is 0. The van der Waals surface area contributed by atoms with Crippen LogP contribution >= 0.6 is 11.8 Å². The molecule has 4 nitrogen and oxygen atoms in total. The molecule has 1 heterocycles. The second-order valence-corrected chi connectivity index (χ2v) is 7.19. The lowest BCUT2D eigenvalue weighted by atomic mass is 10.1. The van der Waals surface area contributed by atoms with Crippen LogP contribution in [0.15, 0.2) is 88.8 Å². The topological polar surface area (TPSA) is 43.2 Å². The Hall–Kier alpha value is -3.05. The smallest absolute Gasteiger partial charge is 0.167 e. The van der Waals surface area contributed by atoms with Crippen molar-refractivity contribution in [1.82, 2.24) is 0 Å². The van der Waals surface area contributed by atoms with Gasteiger partial charge in [-0.2, -0.15) is 0 Å². The van der Waals surface area contributed by atoms with Crippen LogP contribution in [0.25, 0.3) is 0 Å². The Kier molecular flexibility index (Phi) is 5.44. The van der Waals surface area contributed by atoms with Crippen molar-refractivity contribution in [3.05, 3.63) is 95.6 Å². The number of benzene rings is 3. The van der Waals surface area contributed by atoms with Gasteiger partial charge in [-0.1, -0.05) is 42.5 Å². The molecule has 4 rings (SSSR count). The van der Waals surface area contributed by atoms with E-state index in [4.69, 9.17) is 19.5 Å². The summed E-state index contributed by atoms with van der Waals surface area (Å²) in [5.74, 6) is 1.65. The van der Waals surface area contributed by atoms with E-state index in [0.29, 0.717) is 0 Å². The van der Waals surface area contributed by atoms with E-state index in [1.54, 1.807) is 26.0 Å². The van der Waals surface area contributed by atoms with Crippen molar-refractivity contribution in [3.63, 3.8) is 0 Å². The van der Waals surface area contributed by atoms with Crippen LogP contribution < -0.4 is 9.47 Å². The van der Waals surface area contributed by atoms with Crippen LogP contribution in [0.1, 0.15) is 22.9 Å². The molecule has 3 aromatic rings. The van der Waals surface area contributed by atoms with E-state index >= 15 is 0 Å². The standard InChI is InChI=1S/C23H20N2O2S/c1-26-19-12-8-16(9-13-19)21-24-22(17-6-4-3-5-7-17)28-23(25-21)18-10-14-20(27-2)15-11-18/h3-15,21H,1-2H3/t21-/m1/s1. The van der Waals surface area contributed by atoms with Gasteiger partial charge in [0.1, 0.15) is 21.6 Å². The molecule has 0 N–H and O–H groups in total. The second-order valence-electron chi connectivity index (χ2n) is 6.21. The quantitative estimate of drug-likeness (QED) is 0.592. The summed E-state index contributed by atoms with van der Waals surface area (Å²) >= 11 is 1.59. The minimum Gasteiger partial charge on any atom is -0.497 e. The Labute approximate surface area is 169 Å². The summed E-state index contributed by atoms with van der Waals surface area (Å²) in [6.07, 6.45) is -0.292. The lowest BCUT2D eigenvalue weighted by Gasteiger charge is -2.20. The zero-order chi connectivity index (χ0) is 19.3. The van der Waals surface area contributed by atoms with Crippen LogP contribution in [-0.4, -0.2) is 24.3 Å². The normalized spacial score (nSPS) is 16.1. The lowest BCUT2D eigenvalue weighted by Crippen LogP contribution is -2.12. The monoisotopic (exact) mass is 388 g/mol. The zero-order valence-electron chi connectivity index (χ0n) is 15.7. The molecular weight excluding hydrogens is 368 g/mol. The Balaban J connectivity index is 1.73. The fraction of sp³-hybridized carbons (Fsp3) is 0.130. The highest BCUT2D eigenvalue weighted by atomic mass is 32.2. The molecule has 0 amide bonds. The van der Waals surface area contributed by atoms with Crippen molar-refractivity contribution in [1.29, 1.82) is 0 Å². The second kappa shape index (κ2) is 8.31. The predicted molar refractivity (Wildman–Crippen MR) is 116 cm³/mol. The molecule has 0 bridgehead atoms. The maximum Gasteiger partial charge on any atom is 0.167 e. The Morgan fingerprint density at radius 3 is 1.68 bits per heavy atom. The van der Waals surface area contributed by atoms with E-state index < -0.39 is 0 Å². The first kappa shape index (κ1) is 18.3. The van der Waals surface area contributed by atoms with Gasteiger partial charge in [0.2, 0.25) is 0 Å². The summed E-state index contributed by atoms with van der Waals surface area (Å²) < 4.78 is 10.5. The minimum atomic E-state index is -0.292. The lowest BCUT2D eigenvalue weighted by molar-refractivity contribution is 0.414. The van der Waals surface area contributed by atoms with Crippen molar-refractivity contribution in [2.24, 2.45) is 9.98 Å². The fourth-order valence-corrected chi connectivity index (χ4v) is 3.90. The van der Waals surface area contributed by atoms with Crippen LogP contribution in [0.5, 0.6) is 11.5 Å². The SMILES string of the molecule is COc1ccc(C2=N[C@H](c3ccc(OC)cc3)N=C(c3ccccc3)S2)cc1. The van der Waals surface area contributed by atoms with Crippen molar-refractivity contribution in [3.8, 4) is 11.5 Å². The molecule has 0 aliphatic carbocycles. The van der Waals surface area contributed by atoms with E-state index in [1.165, 1.54) is 0 Å². The van der Waals surface area contributed by atoms with E-state index in [0.717, 1.165) is 38.3 Å². The molecule has 1 aliphatic heterocycles. The Morgan fingerprint density at radius 2 is 1.14 bits per heavy atom. The van der Waals surface area contributed by atoms with E-state index in [-0.39, 0.29) is 6.17 Å². The molecule has 5 heteroatoms. The fourth-order valence-electron chi connectivity index (χ4n) is 2.90. The maximum absolute atomic E-state index is 5.28. The third-order valence-electron chi connectivity index (χ3n) is 4.44. The molecule has 140 valence electrons. The first-order valence-electron chi connectivity index (χ1n) is 8.94. The number of aliphatic imine (C=N–C) groups is 2. The molecule has 0 radical (unpaired) electrons. The molecule has 0 fully saturated rings. The molecule has 28 heavy (non-hydrogen) atoms. The van der Waals surface area contributed by atoms with E-state index in [1.807, 2.05) is 66.7 Å². The van der Waals surface area contributed by atoms with Crippen molar-refractivity contribution in [2.75, 3.05) is 14.2 Å². The largest absolute Gasteiger partial charge is 0.497 e. The molecule has 1 atom stereocenters. The molecule has 0 saturated carbocycles. The summed E-state index contributed by atoms with van der Waals surface area (Å²) in [7, 11) is 3.33. The van der Waals surface area contributed by atoms with Gasteiger partial charge in [-0.25, -0.2) is 9.98 Å². The van der Waals surface area contributed by atoms with Crippen LogP contribution in [0, 0.1) is 0 Å². The van der Waals surface area contributed by atoms with Crippen molar-refractivity contribution < 1.29 is 9.47 Å².